The number of piperidine rings is 1. The zero-order chi connectivity index (χ0) is 11.6. The molecule has 5 heteroatoms. The largest absolute Gasteiger partial charge is 0.316 e. The van der Waals surface area contributed by atoms with Gasteiger partial charge in [0.2, 0.25) is 0 Å². The highest BCUT2D eigenvalue weighted by molar-refractivity contribution is 5.85. The number of rotatable bonds is 1. The predicted molar refractivity (Wildman–Crippen MR) is 80.1 cm³/mol. The molecular weight excluding hydrogens is 269 g/mol. The van der Waals surface area contributed by atoms with E-state index in [4.69, 9.17) is 4.98 Å². The Kier molecular flexibility index (Phi) is 7.11. The first kappa shape index (κ1) is 17.6. The van der Waals surface area contributed by atoms with Crippen molar-refractivity contribution in [2.75, 3.05) is 13.1 Å². The Bertz CT molecular complexity index is 357. The zero-order valence-electron chi connectivity index (χ0n) is 11.3. The summed E-state index contributed by atoms with van der Waals surface area (Å²) < 4.78 is 0. The zero-order valence-corrected chi connectivity index (χ0v) is 12.9. The lowest BCUT2D eigenvalue weighted by Crippen LogP contribution is -2.29. The van der Waals surface area contributed by atoms with Gasteiger partial charge < -0.3 is 5.32 Å². The van der Waals surface area contributed by atoms with Crippen LogP contribution in [0.5, 0.6) is 0 Å². The summed E-state index contributed by atoms with van der Waals surface area (Å²) in [6.07, 6.45) is 4.39. The minimum Gasteiger partial charge on any atom is -0.316 e. The van der Waals surface area contributed by atoms with E-state index in [0.29, 0.717) is 5.92 Å². The summed E-state index contributed by atoms with van der Waals surface area (Å²) in [5, 5.41) is 3.43. The topological polar surface area (TPSA) is 37.8 Å². The van der Waals surface area contributed by atoms with E-state index >= 15 is 0 Å². The Morgan fingerprint density at radius 2 is 2.00 bits per heavy atom. The van der Waals surface area contributed by atoms with Crippen LogP contribution < -0.4 is 5.32 Å². The van der Waals surface area contributed by atoms with Gasteiger partial charge in [0, 0.05) is 29.8 Å². The maximum atomic E-state index is 4.72. The molecule has 1 unspecified atom stereocenters. The Labute approximate surface area is 122 Å². The second kappa shape index (κ2) is 7.27. The van der Waals surface area contributed by atoms with Crippen LogP contribution in [0, 0.1) is 0 Å². The summed E-state index contributed by atoms with van der Waals surface area (Å²) in [7, 11) is 0. The lowest BCUT2D eigenvalue weighted by atomic mass is 9.93. The van der Waals surface area contributed by atoms with Gasteiger partial charge in [0.15, 0.2) is 0 Å². The van der Waals surface area contributed by atoms with Crippen molar-refractivity contribution in [1.29, 1.82) is 0 Å². The number of nitrogens with one attached hydrogen (secondary N) is 1. The number of halogens is 2. The van der Waals surface area contributed by atoms with Gasteiger partial charge in [0.1, 0.15) is 5.82 Å². The average molecular weight is 292 g/mol. The molecule has 1 N–H and O–H groups in total. The molecule has 0 radical (unpaired) electrons. The lowest BCUT2D eigenvalue weighted by Gasteiger charge is -2.24. The average Bonchev–Trinajstić information content (AvgIpc) is 2.29. The highest BCUT2D eigenvalue weighted by Crippen LogP contribution is 2.24. The van der Waals surface area contributed by atoms with E-state index in [2.05, 4.69) is 37.1 Å². The Morgan fingerprint density at radius 3 is 2.56 bits per heavy atom. The third kappa shape index (κ3) is 4.38. The summed E-state index contributed by atoms with van der Waals surface area (Å²) in [6, 6.07) is 2.06. The molecule has 1 saturated heterocycles. The molecular formula is C13H23Cl2N3. The van der Waals surface area contributed by atoms with Crippen molar-refractivity contribution in [2.24, 2.45) is 0 Å². The summed E-state index contributed by atoms with van der Waals surface area (Å²) in [4.78, 5) is 9.09. The standard InChI is InChI=1S/C13H21N3.2ClH/c1-13(2,3)12-15-8-6-11(16-12)10-5-4-7-14-9-10;;/h6,8,10,14H,4-5,7,9H2,1-3H3;2*1H. The van der Waals surface area contributed by atoms with Gasteiger partial charge in [-0.1, -0.05) is 20.8 Å². The van der Waals surface area contributed by atoms with E-state index in [1.807, 2.05) is 6.20 Å². The van der Waals surface area contributed by atoms with Gasteiger partial charge in [0.05, 0.1) is 0 Å². The molecule has 1 aromatic rings. The highest BCUT2D eigenvalue weighted by Gasteiger charge is 2.21. The molecule has 0 aliphatic carbocycles. The van der Waals surface area contributed by atoms with Crippen LogP contribution in [-0.2, 0) is 5.41 Å². The van der Waals surface area contributed by atoms with Crippen molar-refractivity contribution in [3.63, 3.8) is 0 Å². The van der Waals surface area contributed by atoms with Crippen molar-refractivity contribution in [3.8, 4) is 0 Å². The first-order valence-electron chi connectivity index (χ1n) is 6.11. The highest BCUT2D eigenvalue weighted by atomic mass is 35.5. The van der Waals surface area contributed by atoms with Crippen molar-refractivity contribution in [2.45, 2.75) is 44.9 Å². The van der Waals surface area contributed by atoms with Gasteiger partial charge in [-0.25, -0.2) is 9.97 Å². The monoisotopic (exact) mass is 291 g/mol. The Morgan fingerprint density at radius 1 is 1.28 bits per heavy atom. The molecule has 2 rings (SSSR count). The maximum Gasteiger partial charge on any atom is 0.133 e. The Hall–Kier alpha value is -0.380. The van der Waals surface area contributed by atoms with Crippen LogP contribution in [0.4, 0.5) is 0 Å². The van der Waals surface area contributed by atoms with E-state index in [9.17, 15) is 0 Å². The molecule has 0 amide bonds. The van der Waals surface area contributed by atoms with Crippen molar-refractivity contribution < 1.29 is 0 Å². The van der Waals surface area contributed by atoms with E-state index < -0.39 is 0 Å². The molecule has 0 bridgehead atoms. The van der Waals surface area contributed by atoms with Gasteiger partial charge in [-0.15, -0.1) is 24.8 Å². The molecule has 18 heavy (non-hydrogen) atoms. The molecule has 1 atom stereocenters. The minimum atomic E-state index is 0. The fourth-order valence-electron chi connectivity index (χ4n) is 2.07. The van der Waals surface area contributed by atoms with E-state index in [-0.39, 0.29) is 30.2 Å². The van der Waals surface area contributed by atoms with Crippen LogP contribution in [0.25, 0.3) is 0 Å². The maximum absolute atomic E-state index is 4.72. The smallest absolute Gasteiger partial charge is 0.133 e. The number of nitrogens with zero attached hydrogens (tertiary/aromatic N) is 2. The van der Waals surface area contributed by atoms with Gasteiger partial charge in [0.25, 0.3) is 0 Å². The molecule has 0 aromatic carbocycles. The van der Waals surface area contributed by atoms with E-state index in [0.717, 1.165) is 18.9 Å². The number of aromatic nitrogens is 2. The fourth-order valence-corrected chi connectivity index (χ4v) is 2.07. The number of hydrogen-bond donors (Lipinski definition) is 1. The molecule has 0 spiro atoms. The fraction of sp³-hybridized carbons (Fsp3) is 0.692. The first-order chi connectivity index (χ1) is 7.57. The number of hydrogen-bond acceptors (Lipinski definition) is 3. The van der Waals surface area contributed by atoms with E-state index in [1.54, 1.807) is 0 Å². The Balaban J connectivity index is 0.00000144. The van der Waals surface area contributed by atoms with Gasteiger partial charge in [-0.05, 0) is 25.5 Å². The second-order valence-electron chi connectivity index (χ2n) is 5.60. The van der Waals surface area contributed by atoms with Crippen LogP contribution in [0.3, 0.4) is 0 Å². The second-order valence-corrected chi connectivity index (χ2v) is 5.60. The van der Waals surface area contributed by atoms with Crippen molar-refractivity contribution in [1.82, 2.24) is 15.3 Å². The molecule has 2 heterocycles. The third-order valence-corrected chi connectivity index (χ3v) is 3.06. The van der Waals surface area contributed by atoms with Crippen LogP contribution in [-0.4, -0.2) is 23.1 Å². The summed E-state index contributed by atoms with van der Waals surface area (Å²) in [5.74, 6) is 1.52. The normalized spacial score (nSPS) is 19.6. The van der Waals surface area contributed by atoms with Crippen LogP contribution >= 0.6 is 24.8 Å². The molecule has 1 aliphatic rings. The molecule has 1 aromatic heterocycles. The van der Waals surface area contributed by atoms with E-state index in [1.165, 1.54) is 18.5 Å². The molecule has 104 valence electrons. The molecule has 1 fully saturated rings. The van der Waals surface area contributed by atoms with Gasteiger partial charge >= 0.3 is 0 Å². The summed E-state index contributed by atoms with van der Waals surface area (Å²) in [6.45, 7) is 8.68. The van der Waals surface area contributed by atoms with Crippen LogP contribution in [0.1, 0.15) is 51.0 Å². The van der Waals surface area contributed by atoms with Gasteiger partial charge in [-0.3, -0.25) is 0 Å². The quantitative estimate of drug-likeness (QED) is 0.864. The van der Waals surface area contributed by atoms with Crippen LogP contribution in [0.15, 0.2) is 12.3 Å². The van der Waals surface area contributed by atoms with Gasteiger partial charge in [-0.2, -0.15) is 0 Å². The van der Waals surface area contributed by atoms with Crippen molar-refractivity contribution in [3.05, 3.63) is 23.8 Å². The van der Waals surface area contributed by atoms with Crippen LogP contribution in [0.2, 0.25) is 0 Å². The molecule has 3 nitrogen and oxygen atoms in total. The summed E-state index contributed by atoms with van der Waals surface area (Å²) >= 11 is 0. The molecule has 1 aliphatic heterocycles. The summed E-state index contributed by atoms with van der Waals surface area (Å²) in [5.41, 5.74) is 1.24. The van der Waals surface area contributed by atoms with Crippen molar-refractivity contribution >= 4 is 24.8 Å². The first-order valence-corrected chi connectivity index (χ1v) is 6.11. The minimum absolute atomic E-state index is 0. The third-order valence-electron chi connectivity index (χ3n) is 3.06. The predicted octanol–water partition coefficient (Wildman–Crippen LogP) is 3.08. The SMILES string of the molecule is CC(C)(C)c1nccc(C2CCCNC2)n1.Cl.Cl. The molecule has 0 saturated carbocycles. The lowest BCUT2D eigenvalue weighted by molar-refractivity contribution is 0.448.